The number of hydrogen-bond donors (Lipinski definition) is 1. The number of methoxy groups -OCH3 is 1. The van der Waals surface area contributed by atoms with Crippen LogP contribution in [0.5, 0.6) is 11.5 Å². The molecule has 1 amide bonds. The quantitative estimate of drug-likeness (QED) is 0.545. The summed E-state index contributed by atoms with van der Waals surface area (Å²) in [6, 6.07) is 10.3. The summed E-state index contributed by atoms with van der Waals surface area (Å²) in [5, 5.41) is 2.71. The Bertz CT molecular complexity index is 962. The highest BCUT2D eigenvalue weighted by molar-refractivity contribution is 7.89. The molecule has 0 atom stereocenters. The van der Waals surface area contributed by atoms with Gasteiger partial charge in [-0.1, -0.05) is 26.0 Å². The number of amides is 1. The van der Waals surface area contributed by atoms with Crippen molar-refractivity contribution in [1.29, 1.82) is 0 Å². The minimum atomic E-state index is -3.70. The molecule has 0 saturated heterocycles. The lowest BCUT2D eigenvalue weighted by Gasteiger charge is -2.19. The van der Waals surface area contributed by atoms with Crippen LogP contribution in [-0.4, -0.2) is 52.0 Å². The van der Waals surface area contributed by atoms with Crippen LogP contribution in [-0.2, 0) is 10.0 Å². The van der Waals surface area contributed by atoms with Gasteiger partial charge >= 0.3 is 0 Å². The Hall–Kier alpha value is -2.65. The van der Waals surface area contributed by atoms with Crippen molar-refractivity contribution < 1.29 is 27.1 Å². The Morgan fingerprint density at radius 2 is 1.80 bits per heavy atom. The second-order valence-corrected chi connectivity index (χ2v) is 8.28. The van der Waals surface area contributed by atoms with Crippen molar-refractivity contribution >= 4 is 15.9 Å². The number of carbonyl (C=O) groups is 1. The van der Waals surface area contributed by atoms with Gasteiger partial charge in [-0.15, -0.1) is 0 Å². The molecular formula is C21H27FN2O5S. The molecule has 164 valence electrons. The summed E-state index contributed by atoms with van der Waals surface area (Å²) in [6.07, 6.45) is 0.444. The van der Waals surface area contributed by atoms with Crippen molar-refractivity contribution in [1.82, 2.24) is 9.62 Å². The molecule has 2 aromatic carbocycles. The standard InChI is InChI=1S/C21H27FN2O5S/c1-4-24(5-2)30(26,27)16-11-12-19(28-3)17(15-16)21(25)23-13-8-14-29-20-10-7-6-9-18(20)22/h6-7,9-12,15H,4-5,8,13-14H2,1-3H3,(H,23,25). The van der Waals surface area contributed by atoms with E-state index in [0.717, 1.165) is 0 Å². The summed E-state index contributed by atoms with van der Waals surface area (Å²) in [6.45, 7) is 4.64. The summed E-state index contributed by atoms with van der Waals surface area (Å²) in [4.78, 5) is 12.6. The molecule has 0 unspecified atom stereocenters. The number of rotatable bonds is 11. The third kappa shape index (κ3) is 5.70. The average molecular weight is 439 g/mol. The van der Waals surface area contributed by atoms with Crippen LogP contribution in [0.1, 0.15) is 30.6 Å². The molecule has 30 heavy (non-hydrogen) atoms. The fraction of sp³-hybridized carbons (Fsp3) is 0.381. The monoisotopic (exact) mass is 438 g/mol. The van der Waals surface area contributed by atoms with Gasteiger partial charge in [0, 0.05) is 19.6 Å². The van der Waals surface area contributed by atoms with Crippen molar-refractivity contribution in [3.05, 3.63) is 53.8 Å². The van der Waals surface area contributed by atoms with Crippen molar-refractivity contribution in [2.24, 2.45) is 0 Å². The summed E-state index contributed by atoms with van der Waals surface area (Å²) >= 11 is 0. The second-order valence-electron chi connectivity index (χ2n) is 6.34. The lowest BCUT2D eigenvalue weighted by atomic mass is 10.2. The molecule has 2 rings (SSSR count). The predicted octanol–water partition coefficient (Wildman–Crippen LogP) is 3.06. The SMILES string of the molecule is CCN(CC)S(=O)(=O)c1ccc(OC)c(C(=O)NCCCOc2ccccc2F)c1. The van der Waals surface area contributed by atoms with Crippen LogP contribution in [0.2, 0.25) is 0 Å². The molecule has 9 heteroatoms. The number of halogens is 1. The van der Waals surface area contributed by atoms with Gasteiger partial charge in [0.2, 0.25) is 10.0 Å². The number of nitrogens with zero attached hydrogens (tertiary/aromatic N) is 1. The van der Waals surface area contributed by atoms with Crippen molar-refractivity contribution in [2.75, 3.05) is 33.4 Å². The van der Waals surface area contributed by atoms with Gasteiger partial charge in [0.1, 0.15) is 5.75 Å². The van der Waals surface area contributed by atoms with E-state index >= 15 is 0 Å². The lowest BCUT2D eigenvalue weighted by Crippen LogP contribution is -2.31. The van der Waals surface area contributed by atoms with E-state index in [4.69, 9.17) is 9.47 Å². The zero-order chi connectivity index (χ0) is 22.1. The second kappa shape index (κ2) is 10.9. The molecule has 7 nitrogen and oxygen atoms in total. The van der Waals surface area contributed by atoms with Crippen LogP contribution >= 0.6 is 0 Å². The zero-order valence-electron chi connectivity index (χ0n) is 17.4. The summed E-state index contributed by atoms with van der Waals surface area (Å²) in [5.74, 6) is -0.486. The van der Waals surface area contributed by atoms with E-state index in [0.29, 0.717) is 19.5 Å². The van der Waals surface area contributed by atoms with Gasteiger partial charge in [-0.3, -0.25) is 4.79 Å². The number of nitrogens with one attached hydrogen (secondary N) is 1. The number of para-hydroxylation sites is 1. The Balaban J connectivity index is 2.03. The van der Waals surface area contributed by atoms with Gasteiger partial charge < -0.3 is 14.8 Å². The number of hydrogen-bond acceptors (Lipinski definition) is 5. The van der Waals surface area contributed by atoms with E-state index in [-0.39, 0.29) is 35.1 Å². The van der Waals surface area contributed by atoms with Gasteiger partial charge in [-0.05, 0) is 36.8 Å². The minimum Gasteiger partial charge on any atom is -0.496 e. The molecule has 0 heterocycles. The summed E-state index contributed by atoms with van der Waals surface area (Å²) < 4.78 is 50.9. The third-order valence-corrected chi connectivity index (χ3v) is 6.51. The van der Waals surface area contributed by atoms with E-state index in [1.165, 1.54) is 41.7 Å². The maximum Gasteiger partial charge on any atom is 0.255 e. The molecule has 0 aromatic heterocycles. The number of ether oxygens (including phenoxy) is 2. The Morgan fingerprint density at radius 1 is 1.10 bits per heavy atom. The smallest absolute Gasteiger partial charge is 0.255 e. The molecule has 0 aliphatic carbocycles. The third-order valence-electron chi connectivity index (χ3n) is 4.46. The van der Waals surface area contributed by atoms with Crippen LogP contribution in [0.25, 0.3) is 0 Å². The van der Waals surface area contributed by atoms with Gasteiger partial charge in [-0.25, -0.2) is 12.8 Å². The van der Waals surface area contributed by atoms with Crippen LogP contribution in [0.4, 0.5) is 4.39 Å². The molecule has 0 bridgehead atoms. The minimum absolute atomic E-state index is 0.0278. The highest BCUT2D eigenvalue weighted by Gasteiger charge is 2.24. The highest BCUT2D eigenvalue weighted by atomic mass is 32.2. The Morgan fingerprint density at radius 3 is 2.43 bits per heavy atom. The molecule has 1 N–H and O–H groups in total. The Kier molecular flexibility index (Phi) is 8.61. The molecule has 0 aliphatic heterocycles. The van der Waals surface area contributed by atoms with E-state index in [1.54, 1.807) is 26.0 Å². The molecule has 0 spiro atoms. The van der Waals surface area contributed by atoms with Crippen LogP contribution < -0.4 is 14.8 Å². The predicted molar refractivity (Wildman–Crippen MR) is 112 cm³/mol. The van der Waals surface area contributed by atoms with Gasteiger partial charge in [0.05, 0.1) is 24.2 Å². The number of benzene rings is 2. The number of carbonyl (C=O) groups excluding carboxylic acids is 1. The molecule has 2 aromatic rings. The first-order valence-corrected chi connectivity index (χ1v) is 11.1. The van der Waals surface area contributed by atoms with Crippen molar-refractivity contribution in [2.45, 2.75) is 25.2 Å². The van der Waals surface area contributed by atoms with Gasteiger partial charge in [-0.2, -0.15) is 4.31 Å². The lowest BCUT2D eigenvalue weighted by molar-refractivity contribution is 0.0948. The fourth-order valence-electron chi connectivity index (χ4n) is 2.85. The first-order chi connectivity index (χ1) is 14.3. The normalized spacial score (nSPS) is 11.4. The largest absolute Gasteiger partial charge is 0.496 e. The van der Waals surface area contributed by atoms with E-state index in [9.17, 15) is 17.6 Å². The zero-order valence-corrected chi connectivity index (χ0v) is 18.2. The van der Waals surface area contributed by atoms with Gasteiger partial charge in [0.15, 0.2) is 11.6 Å². The molecule has 0 fully saturated rings. The van der Waals surface area contributed by atoms with Crippen LogP contribution in [0.3, 0.4) is 0 Å². The van der Waals surface area contributed by atoms with Gasteiger partial charge in [0.25, 0.3) is 5.91 Å². The molecular weight excluding hydrogens is 411 g/mol. The highest BCUT2D eigenvalue weighted by Crippen LogP contribution is 2.24. The number of sulfonamides is 1. The van der Waals surface area contributed by atoms with Crippen LogP contribution in [0, 0.1) is 5.82 Å². The average Bonchev–Trinajstić information content (AvgIpc) is 2.74. The van der Waals surface area contributed by atoms with Crippen molar-refractivity contribution in [3.8, 4) is 11.5 Å². The first-order valence-electron chi connectivity index (χ1n) is 9.68. The maximum absolute atomic E-state index is 13.5. The van der Waals surface area contributed by atoms with Crippen molar-refractivity contribution in [3.63, 3.8) is 0 Å². The maximum atomic E-state index is 13.5. The molecule has 0 saturated carbocycles. The summed E-state index contributed by atoms with van der Waals surface area (Å²) in [7, 11) is -2.29. The van der Waals surface area contributed by atoms with E-state index < -0.39 is 21.7 Å². The summed E-state index contributed by atoms with van der Waals surface area (Å²) in [5.41, 5.74) is 0.126. The van der Waals surface area contributed by atoms with E-state index in [1.807, 2.05) is 0 Å². The molecule has 0 radical (unpaired) electrons. The fourth-order valence-corrected chi connectivity index (χ4v) is 4.34. The topological polar surface area (TPSA) is 84.9 Å². The first kappa shape index (κ1) is 23.6. The van der Waals surface area contributed by atoms with E-state index in [2.05, 4.69) is 5.32 Å². The molecule has 0 aliphatic rings. The van der Waals surface area contributed by atoms with Crippen LogP contribution in [0.15, 0.2) is 47.4 Å². The Labute approximate surface area is 176 Å².